The average Bonchev–Trinajstić information content (AvgIpc) is 2.63. The van der Waals surface area contributed by atoms with Gasteiger partial charge in [0.05, 0.1) is 11.4 Å². The van der Waals surface area contributed by atoms with Gasteiger partial charge in [-0.15, -0.1) is 0 Å². The van der Waals surface area contributed by atoms with E-state index in [-0.39, 0.29) is 5.91 Å². The van der Waals surface area contributed by atoms with Gasteiger partial charge < -0.3 is 11.1 Å². The predicted molar refractivity (Wildman–Crippen MR) is 99.1 cm³/mol. The first kappa shape index (κ1) is 15.8. The van der Waals surface area contributed by atoms with Crippen molar-refractivity contribution in [1.29, 1.82) is 0 Å². The molecular formula is C21H20N2O. The van der Waals surface area contributed by atoms with E-state index in [1.807, 2.05) is 54.6 Å². The number of nitrogens with one attached hydrogen (secondary N) is 1. The molecule has 0 radical (unpaired) electrons. The molecule has 3 N–H and O–H groups in total. The molecule has 0 unspecified atom stereocenters. The van der Waals surface area contributed by atoms with Crippen LogP contribution < -0.4 is 11.1 Å². The number of para-hydroxylation sites is 2. The van der Waals surface area contributed by atoms with Gasteiger partial charge in [-0.05, 0) is 42.2 Å². The molecule has 3 nitrogen and oxygen atoms in total. The van der Waals surface area contributed by atoms with Crippen LogP contribution in [0, 0.1) is 0 Å². The SMILES string of the molecule is Nc1ccccc1NC(=O)c1ccccc1CCc1ccccc1. The Kier molecular flexibility index (Phi) is 4.92. The molecule has 0 aliphatic rings. The molecule has 0 aliphatic carbocycles. The Hall–Kier alpha value is -3.07. The Balaban J connectivity index is 1.76. The van der Waals surface area contributed by atoms with Gasteiger partial charge in [0, 0.05) is 5.56 Å². The van der Waals surface area contributed by atoms with Gasteiger partial charge >= 0.3 is 0 Å². The van der Waals surface area contributed by atoms with Gasteiger partial charge in [-0.25, -0.2) is 0 Å². The Bertz CT molecular complexity index is 828. The largest absolute Gasteiger partial charge is 0.397 e. The molecule has 0 bridgehead atoms. The van der Waals surface area contributed by atoms with E-state index in [9.17, 15) is 4.79 Å². The number of benzene rings is 3. The van der Waals surface area contributed by atoms with Crippen molar-refractivity contribution in [2.24, 2.45) is 0 Å². The maximum Gasteiger partial charge on any atom is 0.255 e. The number of carbonyl (C=O) groups excluding carboxylic acids is 1. The van der Waals surface area contributed by atoms with Gasteiger partial charge in [0.1, 0.15) is 0 Å². The monoisotopic (exact) mass is 316 g/mol. The van der Waals surface area contributed by atoms with Crippen molar-refractivity contribution in [2.75, 3.05) is 11.1 Å². The Labute approximate surface area is 142 Å². The predicted octanol–water partition coefficient (Wildman–Crippen LogP) is 4.31. The van der Waals surface area contributed by atoms with Crippen LogP contribution in [0.2, 0.25) is 0 Å². The second-order valence-electron chi connectivity index (χ2n) is 5.68. The zero-order valence-electron chi connectivity index (χ0n) is 13.4. The number of hydrogen-bond donors (Lipinski definition) is 2. The summed E-state index contributed by atoms with van der Waals surface area (Å²) in [5, 5.41) is 2.90. The third kappa shape index (κ3) is 3.82. The van der Waals surface area contributed by atoms with Crippen molar-refractivity contribution in [3.63, 3.8) is 0 Å². The van der Waals surface area contributed by atoms with Gasteiger partial charge in [0.2, 0.25) is 0 Å². The second-order valence-corrected chi connectivity index (χ2v) is 5.68. The van der Waals surface area contributed by atoms with Crippen molar-refractivity contribution >= 4 is 17.3 Å². The maximum atomic E-state index is 12.6. The molecule has 3 aromatic rings. The lowest BCUT2D eigenvalue weighted by atomic mass is 9.99. The summed E-state index contributed by atoms with van der Waals surface area (Å²) in [5.41, 5.74) is 10.1. The maximum absolute atomic E-state index is 12.6. The van der Waals surface area contributed by atoms with Gasteiger partial charge in [-0.3, -0.25) is 4.79 Å². The fourth-order valence-corrected chi connectivity index (χ4v) is 2.68. The highest BCUT2D eigenvalue weighted by Gasteiger charge is 2.12. The molecule has 0 fully saturated rings. The highest BCUT2D eigenvalue weighted by Crippen LogP contribution is 2.19. The van der Waals surface area contributed by atoms with E-state index >= 15 is 0 Å². The summed E-state index contributed by atoms with van der Waals surface area (Å²) < 4.78 is 0. The minimum atomic E-state index is -0.128. The minimum Gasteiger partial charge on any atom is -0.397 e. The quantitative estimate of drug-likeness (QED) is 0.689. The summed E-state index contributed by atoms with van der Waals surface area (Å²) in [6.07, 6.45) is 1.72. The highest BCUT2D eigenvalue weighted by atomic mass is 16.1. The van der Waals surface area contributed by atoms with Crippen molar-refractivity contribution in [3.05, 3.63) is 95.6 Å². The molecule has 0 saturated carbocycles. The molecule has 0 heterocycles. The molecular weight excluding hydrogens is 296 g/mol. The molecule has 3 aromatic carbocycles. The summed E-state index contributed by atoms with van der Waals surface area (Å²) in [4.78, 5) is 12.6. The first-order chi connectivity index (χ1) is 11.7. The number of rotatable bonds is 5. The third-order valence-electron chi connectivity index (χ3n) is 4.00. The Morgan fingerprint density at radius 2 is 1.46 bits per heavy atom. The Morgan fingerprint density at radius 1 is 0.792 bits per heavy atom. The third-order valence-corrected chi connectivity index (χ3v) is 4.00. The smallest absolute Gasteiger partial charge is 0.255 e. The van der Waals surface area contributed by atoms with E-state index in [4.69, 9.17) is 5.73 Å². The normalized spacial score (nSPS) is 10.3. The summed E-state index contributed by atoms with van der Waals surface area (Å²) in [6, 6.07) is 25.3. The zero-order chi connectivity index (χ0) is 16.8. The average molecular weight is 316 g/mol. The van der Waals surface area contributed by atoms with Crippen LogP contribution in [-0.2, 0) is 12.8 Å². The summed E-state index contributed by atoms with van der Waals surface area (Å²) in [7, 11) is 0. The topological polar surface area (TPSA) is 55.1 Å². The van der Waals surface area contributed by atoms with Crippen LogP contribution in [-0.4, -0.2) is 5.91 Å². The first-order valence-corrected chi connectivity index (χ1v) is 8.02. The van der Waals surface area contributed by atoms with Crippen LogP contribution in [0.5, 0.6) is 0 Å². The van der Waals surface area contributed by atoms with E-state index in [0.29, 0.717) is 16.9 Å². The number of amides is 1. The number of nitrogen functional groups attached to an aromatic ring is 1. The molecule has 0 aliphatic heterocycles. The molecule has 24 heavy (non-hydrogen) atoms. The zero-order valence-corrected chi connectivity index (χ0v) is 13.4. The summed E-state index contributed by atoms with van der Waals surface area (Å²) in [6.45, 7) is 0. The first-order valence-electron chi connectivity index (χ1n) is 8.02. The number of anilines is 2. The van der Waals surface area contributed by atoms with Crippen LogP contribution in [0.25, 0.3) is 0 Å². The van der Waals surface area contributed by atoms with Crippen molar-refractivity contribution < 1.29 is 4.79 Å². The van der Waals surface area contributed by atoms with Crippen LogP contribution >= 0.6 is 0 Å². The van der Waals surface area contributed by atoms with Crippen molar-refractivity contribution in [3.8, 4) is 0 Å². The minimum absolute atomic E-state index is 0.128. The molecule has 0 atom stereocenters. The summed E-state index contributed by atoms with van der Waals surface area (Å²) in [5.74, 6) is -0.128. The standard InChI is InChI=1S/C21H20N2O/c22-19-12-6-7-13-20(19)23-21(24)18-11-5-4-10-17(18)15-14-16-8-2-1-3-9-16/h1-13H,14-15,22H2,(H,23,24). The lowest BCUT2D eigenvalue weighted by molar-refractivity contribution is 0.102. The lowest BCUT2D eigenvalue weighted by Crippen LogP contribution is -2.15. The van der Waals surface area contributed by atoms with Crippen LogP contribution in [0.4, 0.5) is 11.4 Å². The van der Waals surface area contributed by atoms with Crippen molar-refractivity contribution in [1.82, 2.24) is 0 Å². The van der Waals surface area contributed by atoms with E-state index in [0.717, 1.165) is 18.4 Å². The Morgan fingerprint density at radius 3 is 2.25 bits per heavy atom. The molecule has 0 spiro atoms. The molecule has 1 amide bonds. The van der Waals surface area contributed by atoms with Gasteiger partial charge in [-0.2, -0.15) is 0 Å². The van der Waals surface area contributed by atoms with E-state index < -0.39 is 0 Å². The highest BCUT2D eigenvalue weighted by molar-refractivity contribution is 6.06. The number of nitrogens with two attached hydrogens (primary N) is 1. The van der Waals surface area contributed by atoms with E-state index in [1.54, 1.807) is 12.1 Å². The van der Waals surface area contributed by atoms with Gasteiger partial charge in [-0.1, -0.05) is 60.7 Å². The summed E-state index contributed by atoms with van der Waals surface area (Å²) >= 11 is 0. The lowest BCUT2D eigenvalue weighted by Gasteiger charge is -2.11. The van der Waals surface area contributed by atoms with Crippen LogP contribution in [0.1, 0.15) is 21.5 Å². The number of carbonyl (C=O) groups is 1. The number of aryl methyl sites for hydroxylation is 2. The van der Waals surface area contributed by atoms with Crippen molar-refractivity contribution in [2.45, 2.75) is 12.8 Å². The second kappa shape index (κ2) is 7.47. The van der Waals surface area contributed by atoms with Gasteiger partial charge in [0.25, 0.3) is 5.91 Å². The fraction of sp³-hybridized carbons (Fsp3) is 0.0952. The van der Waals surface area contributed by atoms with E-state index in [1.165, 1.54) is 5.56 Å². The van der Waals surface area contributed by atoms with E-state index in [2.05, 4.69) is 17.4 Å². The molecule has 3 heteroatoms. The number of hydrogen-bond acceptors (Lipinski definition) is 2. The van der Waals surface area contributed by atoms with Gasteiger partial charge in [0.15, 0.2) is 0 Å². The van der Waals surface area contributed by atoms with Crippen LogP contribution in [0.15, 0.2) is 78.9 Å². The molecule has 0 saturated heterocycles. The molecule has 0 aromatic heterocycles. The molecule has 3 rings (SSSR count). The fourth-order valence-electron chi connectivity index (χ4n) is 2.68. The van der Waals surface area contributed by atoms with Crippen LogP contribution in [0.3, 0.4) is 0 Å². The molecule has 120 valence electrons.